The second-order valence-electron chi connectivity index (χ2n) is 6.14. The molecule has 0 saturated carbocycles. The zero-order chi connectivity index (χ0) is 15.8. The van der Waals surface area contributed by atoms with Gasteiger partial charge in [0.2, 0.25) is 0 Å². The Kier molecular flexibility index (Phi) is 4.05. The van der Waals surface area contributed by atoms with Crippen LogP contribution in [0.2, 0.25) is 0 Å². The third-order valence-corrected chi connectivity index (χ3v) is 6.63. The lowest BCUT2D eigenvalue weighted by Crippen LogP contribution is -2.26. The summed E-state index contributed by atoms with van der Waals surface area (Å²) in [5, 5.41) is 6.99. The van der Waals surface area contributed by atoms with Gasteiger partial charge in [0.1, 0.15) is 17.0 Å². The minimum atomic E-state index is 0.353. The van der Waals surface area contributed by atoms with Gasteiger partial charge in [0, 0.05) is 16.3 Å². The Morgan fingerprint density at radius 2 is 2.22 bits per heavy atom. The molecule has 0 radical (unpaired) electrons. The number of fused-ring (bicyclic) bond motifs is 3. The largest absolute Gasteiger partial charge is 0.367 e. The molecular formula is C17H20N4S2. The van der Waals surface area contributed by atoms with Crippen LogP contribution in [0, 0.1) is 0 Å². The molecule has 4 nitrogen and oxygen atoms in total. The maximum absolute atomic E-state index is 4.54. The average Bonchev–Trinajstić information content (AvgIpc) is 3.23. The van der Waals surface area contributed by atoms with Crippen molar-refractivity contribution in [1.29, 1.82) is 0 Å². The van der Waals surface area contributed by atoms with Gasteiger partial charge in [0.05, 0.1) is 11.4 Å². The van der Waals surface area contributed by atoms with E-state index >= 15 is 0 Å². The van der Waals surface area contributed by atoms with Crippen molar-refractivity contribution in [2.75, 3.05) is 26.0 Å². The molecule has 0 amide bonds. The smallest absolute Gasteiger partial charge is 0.138 e. The lowest BCUT2D eigenvalue weighted by Gasteiger charge is -2.24. The molecule has 3 aromatic rings. The summed E-state index contributed by atoms with van der Waals surface area (Å²) in [5.41, 5.74) is 1.48. The highest BCUT2D eigenvalue weighted by Gasteiger charge is 2.22. The highest BCUT2D eigenvalue weighted by atomic mass is 32.1. The van der Waals surface area contributed by atoms with E-state index in [9.17, 15) is 0 Å². The summed E-state index contributed by atoms with van der Waals surface area (Å²) < 4.78 is 0. The van der Waals surface area contributed by atoms with Crippen molar-refractivity contribution in [2.24, 2.45) is 0 Å². The maximum Gasteiger partial charge on any atom is 0.138 e. The van der Waals surface area contributed by atoms with Crippen molar-refractivity contribution < 1.29 is 0 Å². The van der Waals surface area contributed by atoms with Crippen LogP contribution in [-0.4, -0.2) is 35.5 Å². The molecule has 4 rings (SSSR count). The second-order valence-corrected chi connectivity index (χ2v) is 8.20. The Hall–Kier alpha value is -1.50. The van der Waals surface area contributed by atoms with Crippen LogP contribution in [0.3, 0.4) is 0 Å². The molecule has 0 unspecified atom stereocenters. The molecule has 1 aliphatic rings. The molecule has 23 heavy (non-hydrogen) atoms. The first kappa shape index (κ1) is 15.1. The number of nitrogens with zero attached hydrogens (tertiary/aromatic N) is 3. The van der Waals surface area contributed by atoms with Gasteiger partial charge in [0.25, 0.3) is 0 Å². The normalized spacial score (nSPS) is 15.3. The summed E-state index contributed by atoms with van der Waals surface area (Å²) in [5.74, 6) is 0.998. The molecule has 1 atom stereocenters. The van der Waals surface area contributed by atoms with Gasteiger partial charge in [-0.05, 0) is 50.4 Å². The van der Waals surface area contributed by atoms with Crippen LogP contribution in [0.25, 0.3) is 10.2 Å². The van der Waals surface area contributed by atoms with Gasteiger partial charge in [-0.2, -0.15) is 0 Å². The van der Waals surface area contributed by atoms with Crippen molar-refractivity contribution in [2.45, 2.75) is 25.3 Å². The number of hydrogen-bond acceptors (Lipinski definition) is 6. The Bertz CT molecular complexity index is 807. The maximum atomic E-state index is 4.54. The highest BCUT2D eigenvalue weighted by molar-refractivity contribution is 7.19. The number of likely N-dealkylation sites (N-methyl/N-ethyl adjacent to an activating group) is 1. The first-order valence-electron chi connectivity index (χ1n) is 7.93. The summed E-state index contributed by atoms with van der Waals surface area (Å²) in [7, 11) is 4.26. The van der Waals surface area contributed by atoms with Crippen LogP contribution in [-0.2, 0) is 12.8 Å². The van der Waals surface area contributed by atoms with E-state index in [0.29, 0.717) is 6.04 Å². The van der Waals surface area contributed by atoms with Gasteiger partial charge in [-0.3, -0.25) is 0 Å². The fourth-order valence-corrected chi connectivity index (χ4v) is 5.43. The molecule has 1 aliphatic carbocycles. The highest BCUT2D eigenvalue weighted by Crippen LogP contribution is 2.39. The Morgan fingerprint density at radius 1 is 1.30 bits per heavy atom. The quantitative estimate of drug-likeness (QED) is 0.761. The number of aryl methyl sites for hydroxylation is 2. The zero-order valence-corrected chi connectivity index (χ0v) is 15.0. The number of aromatic nitrogens is 2. The van der Waals surface area contributed by atoms with E-state index in [4.69, 9.17) is 0 Å². The van der Waals surface area contributed by atoms with Crippen LogP contribution in [0.5, 0.6) is 0 Å². The molecule has 0 saturated heterocycles. The fourth-order valence-electron chi connectivity index (χ4n) is 3.27. The molecule has 0 aliphatic heterocycles. The van der Waals surface area contributed by atoms with Crippen LogP contribution in [0.15, 0.2) is 23.8 Å². The number of nitrogens with one attached hydrogen (secondary N) is 1. The predicted molar refractivity (Wildman–Crippen MR) is 98.7 cm³/mol. The molecule has 6 heteroatoms. The van der Waals surface area contributed by atoms with Gasteiger partial charge in [-0.15, -0.1) is 22.7 Å². The van der Waals surface area contributed by atoms with Crippen molar-refractivity contribution in [1.82, 2.24) is 14.9 Å². The first-order chi connectivity index (χ1) is 11.2. The molecule has 0 aromatic carbocycles. The van der Waals surface area contributed by atoms with Gasteiger partial charge >= 0.3 is 0 Å². The van der Waals surface area contributed by atoms with E-state index in [1.54, 1.807) is 6.33 Å². The third-order valence-electron chi connectivity index (χ3n) is 4.46. The molecule has 120 valence electrons. The Balaban J connectivity index is 1.63. The van der Waals surface area contributed by atoms with Crippen molar-refractivity contribution in [3.05, 3.63) is 39.2 Å². The number of thiophene rings is 2. The minimum Gasteiger partial charge on any atom is -0.367 e. The van der Waals surface area contributed by atoms with E-state index in [-0.39, 0.29) is 0 Å². The van der Waals surface area contributed by atoms with Gasteiger partial charge in [-0.25, -0.2) is 9.97 Å². The predicted octanol–water partition coefficient (Wildman–Crippen LogP) is 3.96. The molecule has 0 fully saturated rings. The van der Waals surface area contributed by atoms with Gasteiger partial charge in [0.15, 0.2) is 0 Å². The SMILES string of the molecule is CN(C)[C@@H](CNc1ncnc2sc3c(c12)CCC3)c1cccs1. The van der Waals surface area contributed by atoms with Crippen molar-refractivity contribution in [3.8, 4) is 0 Å². The summed E-state index contributed by atoms with van der Waals surface area (Å²) in [4.78, 5) is 15.3. The van der Waals surface area contributed by atoms with Crippen molar-refractivity contribution >= 4 is 38.7 Å². The Labute approximate surface area is 144 Å². The summed E-state index contributed by atoms with van der Waals surface area (Å²) in [6.07, 6.45) is 5.32. The number of rotatable bonds is 5. The summed E-state index contributed by atoms with van der Waals surface area (Å²) in [6, 6.07) is 4.67. The van der Waals surface area contributed by atoms with E-state index < -0.39 is 0 Å². The lowest BCUT2D eigenvalue weighted by molar-refractivity contribution is 0.316. The summed E-state index contributed by atoms with van der Waals surface area (Å²) in [6.45, 7) is 0.851. The molecule has 3 heterocycles. The molecule has 1 N–H and O–H groups in total. The van der Waals surface area contributed by atoms with E-state index in [0.717, 1.165) is 17.2 Å². The topological polar surface area (TPSA) is 41.0 Å². The van der Waals surface area contributed by atoms with Gasteiger partial charge in [-0.1, -0.05) is 6.07 Å². The number of anilines is 1. The summed E-state index contributed by atoms with van der Waals surface area (Å²) >= 11 is 3.65. The Morgan fingerprint density at radius 3 is 3.00 bits per heavy atom. The second kappa shape index (κ2) is 6.19. The third kappa shape index (κ3) is 2.75. The minimum absolute atomic E-state index is 0.353. The molecule has 3 aromatic heterocycles. The van der Waals surface area contributed by atoms with E-state index in [2.05, 4.69) is 51.8 Å². The fraction of sp³-hybridized carbons (Fsp3) is 0.412. The number of hydrogen-bond donors (Lipinski definition) is 1. The first-order valence-corrected chi connectivity index (χ1v) is 9.62. The van der Waals surface area contributed by atoms with Crippen molar-refractivity contribution in [3.63, 3.8) is 0 Å². The molecular weight excluding hydrogens is 324 g/mol. The molecule has 0 bridgehead atoms. The van der Waals surface area contributed by atoms with Crippen LogP contribution < -0.4 is 5.32 Å². The lowest BCUT2D eigenvalue weighted by atomic mass is 10.1. The van der Waals surface area contributed by atoms with Gasteiger partial charge < -0.3 is 10.2 Å². The van der Waals surface area contributed by atoms with Crippen LogP contribution in [0.4, 0.5) is 5.82 Å². The average molecular weight is 345 g/mol. The standard InChI is InChI=1S/C17H20N4S2/c1-21(2)12(14-7-4-8-22-14)9-18-16-15-11-5-3-6-13(11)23-17(15)20-10-19-16/h4,7-8,10,12H,3,5-6,9H2,1-2H3,(H,18,19,20)/t12-/m0/s1. The van der Waals surface area contributed by atoms with Crippen LogP contribution in [0.1, 0.15) is 27.8 Å². The van der Waals surface area contributed by atoms with E-state index in [1.807, 2.05) is 22.7 Å². The zero-order valence-electron chi connectivity index (χ0n) is 13.4. The van der Waals surface area contributed by atoms with Crippen LogP contribution >= 0.6 is 22.7 Å². The van der Waals surface area contributed by atoms with E-state index in [1.165, 1.54) is 40.0 Å². The molecule has 0 spiro atoms. The monoisotopic (exact) mass is 344 g/mol.